The van der Waals surface area contributed by atoms with Gasteiger partial charge in [-0.1, -0.05) is 17.7 Å². The van der Waals surface area contributed by atoms with E-state index >= 15 is 0 Å². The third-order valence-electron chi connectivity index (χ3n) is 4.25. The van der Waals surface area contributed by atoms with E-state index in [0.29, 0.717) is 12.8 Å². The summed E-state index contributed by atoms with van der Waals surface area (Å²) in [5.41, 5.74) is 0.167. The average Bonchev–Trinajstić information content (AvgIpc) is 2.69. The highest BCUT2D eigenvalue weighted by Gasteiger charge is 2.48. The van der Waals surface area contributed by atoms with Crippen LogP contribution < -0.4 is 4.90 Å². The number of fused-ring (bicyclic) bond motifs is 1. The summed E-state index contributed by atoms with van der Waals surface area (Å²) in [6, 6.07) is 4.35. The molecule has 0 bridgehead atoms. The maximum Gasteiger partial charge on any atom is 0.416 e. The van der Waals surface area contributed by atoms with Gasteiger partial charge in [-0.25, -0.2) is 0 Å². The van der Waals surface area contributed by atoms with Crippen LogP contribution in [-0.2, 0) is 15.8 Å². The number of imide groups is 1. The fourth-order valence-electron chi connectivity index (χ4n) is 3.11. The summed E-state index contributed by atoms with van der Waals surface area (Å²) in [5.74, 6) is -1.71. The van der Waals surface area contributed by atoms with E-state index in [4.69, 9.17) is 0 Å². The fraction of sp³-hybridized carbons (Fsp3) is 0.375. The van der Waals surface area contributed by atoms with Crippen LogP contribution in [0.5, 0.6) is 0 Å². The van der Waals surface area contributed by atoms with E-state index in [9.17, 15) is 22.8 Å². The zero-order valence-corrected chi connectivity index (χ0v) is 11.9. The Balaban J connectivity index is 1.97. The molecule has 0 N–H and O–H groups in total. The van der Waals surface area contributed by atoms with Crippen molar-refractivity contribution in [3.63, 3.8) is 0 Å². The molecule has 3 rings (SSSR count). The van der Waals surface area contributed by atoms with Crippen LogP contribution in [0.25, 0.3) is 0 Å². The number of carbonyl (C=O) groups excluding carboxylic acids is 2. The number of hydrogen-bond donors (Lipinski definition) is 0. The highest BCUT2D eigenvalue weighted by atomic mass is 19.4. The summed E-state index contributed by atoms with van der Waals surface area (Å²) in [6.45, 7) is 1.89. The predicted molar refractivity (Wildman–Crippen MR) is 73.9 cm³/mol. The Morgan fingerprint density at radius 3 is 2.50 bits per heavy atom. The molecule has 1 saturated heterocycles. The minimum atomic E-state index is -4.51. The summed E-state index contributed by atoms with van der Waals surface area (Å²) in [5, 5.41) is 0. The van der Waals surface area contributed by atoms with Crippen molar-refractivity contribution >= 4 is 17.5 Å². The number of halogens is 3. The number of amides is 2. The smallest absolute Gasteiger partial charge is 0.274 e. The van der Waals surface area contributed by atoms with Crippen LogP contribution in [0.1, 0.15) is 25.3 Å². The highest BCUT2D eigenvalue weighted by molar-refractivity contribution is 6.22. The molecular formula is C16H14F3NO2. The SMILES string of the molecule is CC1=CC[C@H]2C(=O)N(c3cccc(C(F)(F)F)c3)C(=O)[C@H]2C1. The minimum absolute atomic E-state index is 0.00289. The molecule has 0 aromatic heterocycles. The molecule has 1 aromatic carbocycles. The summed E-state index contributed by atoms with van der Waals surface area (Å²) in [7, 11) is 0. The van der Waals surface area contributed by atoms with Gasteiger partial charge in [0.15, 0.2) is 0 Å². The topological polar surface area (TPSA) is 37.4 Å². The number of carbonyl (C=O) groups is 2. The second-order valence-electron chi connectivity index (χ2n) is 5.76. The molecule has 3 nitrogen and oxygen atoms in total. The molecule has 116 valence electrons. The van der Waals surface area contributed by atoms with Crippen LogP contribution >= 0.6 is 0 Å². The maximum absolute atomic E-state index is 12.8. The van der Waals surface area contributed by atoms with E-state index in [2.05, 4.69) is 0 Å². The van der Waals surface area contributed by atoms with Gasteiger partial charge in [0.2, 0.25) is 11.8 Å². The zero-order chi connectivity index (χ0) is 16.1. The number of allylic oxidation sites excluding steroid dienone is 2. The van der Waals surface area contributed by atoms with Crippen molar-refractivity contribution in [2.24, 2.45) is 11.8 Å². The molecule has 1 heterocycles. The quantitative estimate of drug-likeness (QED) is 0.587. The van der Waals surface area contributed by atoms with Crippen LogP contribution in [0.4, 0.5) is 18.9 Å². The van der Waals surface area contributed by atoms with Gasteiger partial charge in [-0.2, -0.15) is 13.2 Å². The third kappa shape index (κ3) is 2.32. The Labute approximate surface area is 125 Å². The van der Waals surface area contributed by atoms with Crippen molar-refractivity contribution in [2.75, 3.05) is 4.90 Å². The maximum atomic E-state index is 12.8. The molecule has 1 fully saturated rings. The summed E-state index contributed by atoms with van der Waals surface area (Å²) in [4.78, 5) is 25.8. The molecule has 0 spiro atoms. The normalized spacial score (nSPS) is 25.3. The van der Waals surface area contributed by atoms with Gasteiger partial charge in [0.25, 0.3) is 0 Å². The van der Waals surface area contributed by atoms with Gasteiger partial charge in [0, 0.05) is 0 Å². The Bertz CT molecular complexity index is 678. The Morgan fingerprint density at radius 1 is 1.14 bits per heavy atom. The van der Waals surface area contributed by atoms with Crippen molar-refractivity contribution in [3.05, 3.63) is 41.5 Å². The van der Waals surface area contributed by atoms with Gasteiger partial charge in [-0.3, -0.25) is 14.5 Å². The molecule has 1 aliphatic heterocycles. The lowest BCUT2D eigenvalue weighted by atomic mass is 9.82. The molecule has 1 aliphatic carbocycles. The first kappa shape index (κ1) is 14.8. The van der Waals surface area contributed by atoms with E-state index < -0.39 is 35.4 Å². The summed E-state index contributed by atoms with van der Waals surface area (Å²) < 4.78 is 38.4. The lowest BCUT2D eigenvalue weighted by Crippen LogP contribution is -2.31. The van der Waals surface area contributed by atoms with Gasteiger partial charge in [0.1, 0.15) is 0 Å². The Hall–Kier alpha value is -2.11. The number of nitrogens with zero attached hydrogens (tertiary/aromatic N) is 1. The molecule has 0 radical (unpaired) electrons. The first-order valence-electron chi connectivity index (χ1n) is 7.00. The lowest BCUT2D eigenvalue weighted by Gasteiger charge is -2.18. The van der Waals surface area contributed by atoms with Gasteiger partial charge < -0.3 is 0 Å². The number of alkyl halides is 3. The van der Waals surface area contributed by atoms with Crippen molar-refractivity contribution in [3.8, 4) is 0 Å². The first-order valence-corrected chi connectivity index (χ1v) is 7.00. The van der Waals surface area contributed by atoms with Crippen molar-refractivity contribution in [1.29, 1.82) is 0 Å². The molecule has 2 atom stereocenters. The van der Waals surface area contributed by atoms with E-state index in [-0.39, 0.29) is 5.69 Å². The van der Waals surface area contributed by atoms with E-state index in [0.717, 1.165) is 22.6 Å². The predicted octanol–water partition coefficient (Wildman–Crippen LogP) is 3.55. The summed E-state index contributed by atoms with van der Waals surface area (Å²) >= 11 is 0. The van der Waals surface area contributed by atoms with Gasteiger partial charge in [0.05, 0.1) is 23.1 Å². The van der Waals surface area contributed by atoms with Crippen LogP contribution in [0.3, 0.4) is 0 Å². The largest absolute Gasteiger partial charge is 0.416 e. The van der Waals surface area contributed by atoms with E-state index in [1.807, 2.05) is 13.0 Å². The van der Waals surface area contributed by atoms with Crippen LogP contribution in [0.15, 0.2) is 35.9 Å². The zero-order valence-electron chi connectivity index (χ0n) is 11.9. The number of rotatable bonds is 1. The number of anilines is 1. The standard InChI is InChI=1S/C16H14F3NO2/c1-9-5-6-12-13(7-9)15(22)20(14(12)21)11-4-2-3-10(8-11)16(17,18)19/h2-5,8,12-13H,6-7H2,1H3/t12-,13+/m1/s1. The second kappa shape index (κ2) is 4.97. The van der Waals surface area contributed by atoms with Gasteiger partial charge in [-0.05, 0) is 38.0 Å². The Morgan fingerprint density at radius 2 is 1.82 bits per heavy atom. The molecule has 2 amide bonds. The third-order valence-corrected chi connectivity index (χ3v) is 4.25. The van der Waals surface area contributed by atoms with Crippen molar-refractivity contribution in [1.82, 2.24) is 0 Å². The molecule has 6 heteroatoms. The number of hydrogen-bond acceptors (Lipinski definition) is 2. The van der Waals surface area contributed by atoms with Crippen LogP contribution in [-0.4, -0.2) is 11.8 Å². The van der Waals surface area contributed by atoms with E-state index in [1.54, 1.807) is 0 Å². The van der Waals surface area contributed by atoms with E-state index in [1.165, 1.54) is 12.1 Å². The minimum Gasteiger partial charge on any atom is -0.274 e. The van der Waals surface area contributed by atoms with Crippen molar-refractivity contribution in [2.45, 2.75) is 25.9 Å². The number of benzene rings is 1. The molecule has 2 aliphatic rings. The van der Waals surface area contributed by atoms with Gasteiger partial charge in [-0.15, -0.1) is 0 Å². The average molecular weight is 309 g/mol. The highest BCUT2D eigenvalue weighted by Crippen LogP contribution is 2.40. The Kier molecular flexibility index (Phi) is 3.34. The lowest BCUT2D eigenvalue weighted by molar-refractivity contribution is -0.137. The molecule has 0 saturated carbocycles. The second-order valence-corrected chi connectivity index (χ2v) is 5.76. The van der Waals surface area contributed by atoms with Crippen LogP contribution in [0.2, 0.25) is 0 Å². The summed E-state index contributed by atoms with van der Waals surface area (Å²) in [6.07, 6.45) is -1.63. The van der Waals surface area contributed by atoms with Crippen molar-refractivity contribution < 1.29 is 22.8 Å². The molecule has 22 heavy (non-hydrogen) atoms. The monoisotopic (exact) mass is 309 g/mol. The van der Waals surface area contributed by atoms with Crippen LogP contribution in [0, 0.1) is 11.8 Å². The fourth-order valence-corrected chi connectivity index (χ4v) is 3.11. The van der Waals surface area contributed by atoms with Gasteiger partial charge >= 0.3 is 6.18 Å². The first-order chi connectivity index (χ1) is 10.3. The molecular weight excluding hydrogens is 295 g/mol. The molecule has 0 unspecified atom stereocenters. The molecule has 1 aromatic rings.